The standard InChI is InChI=1S/C21H23N3O5/c1-24(21(25)15-5-4-6-18(13-15)27-3)12-11-19-22-20(29-23-19)14-28-17-9-7-16(26-2)8-10-17/h4-10,13H,11-12,14H2,1-3H3. The zero-order valence-electron chi connectivity index (χ0n) is 16.6. The van der Waals surface area contributed by atoms with Crippen molar-refractivity contribution in [3.05, 3.63) is 65.8 Å². The van der Waals surface area contributed by atoms with Gasteiger partial charge in [-0.2, -0.15) is 4.98 Å². The molecule has 2 aromatic carbocycles. The molecule has 1 amide bonds. The van der Waals surface area contributed by atoms with Gasteiger partial charge in [-0.15, -0.1) is 0 Å². The number of aromatic nitrogens is 2. The number of amides is 1. The summed E-state index contributed by atoms with van der Waals surface area (Å²) in [5.41, 5.74) is 0.563. The molecule has 1 aromatic heterocycles. The van der Waals surface area contributed by atoms with Gasteiger partial charge in [0.2, 0.25) is 0 Å². The average Bonchev–Trinajstić information content (AvgIpc) is 3.23. The van der Waals surface area contributed by atoms with Gasteiger partial charge in [-0.25, -0.2) is 0 Å². The molecule has 0 saturated carbocycles. The summed E-state index contributed by atoms with van der Waals surface area (Å²) in [4.78, 5) is 18.4. The normalized spacial score (nSPS) is 10.4. The van der Waals surface area contributed by atoms with Gasteiger partial charge >= 0.3 is 0 Å². The Balaban J connectivity index is 1.49. The van der Waals surface area contributed by atoms with Gasteiger partial charge in [-0.05, 0) is 42.5 Å². The van der Waals surface area contributed by atoms with Crippen molar-refractivity contribution >= 4 is 5.91 Å². The van der Waals surface area contributed by atoms with E-state index in [1.165, 1.54) is 0 Å². The molecule has 0 atom stereocenters. The van der Waals surface area contributed by atoms with Gasteiger partial charge < -0.3 is 23.6 Å². The lowest BCUT2D eigenvalue weighted by atomic mass is 10.2. The minimum absolute atomic E-state index is 0.101. The van der Waals surface area contributed by atoms with Gasteiger partial charge in [0.1, 0.15) is 17.2 Å². The lowest BCUT2D eigenvalue weighted by Crippen LogP contribution is -2.29. The summed E-state index contributed by atoms with van der Waals surface area (Å²) >= 11 is 0. The van der Waals surface area contributed by atoms with Crippen LogP contribution in [0, 0.1) is 0 Å². The van der Waals surface area contributed by atoms with Crippen LogP contribution in [-0.4, -0.2) is 48.8 Å². The molecule has 0 saturated heterocycles. The second kappa shape index (κ2) is 9.59. The molecule has 8 heteroatoms. The van der Waals surface area contributed by atoms with E-state index in [0.717, 1.165) is 5.75 Å². The van der Waals surface area contributed by atoms with Crippen LogP contribution < -0.4 is 14.2 Å². The van der Waals surface area contributed by atoms with Crippen LogP contribution in [0.1, 0.15) is 22.1 Å². The first kappa shape index (κ1) is 20.2. The molecule has 1 heterocycles. The van der Waals surface area contributed by atoms with Gasteiger partial charge in [0, 0.05) is 25.6 Å². The summed E-state index contributed by atoms with van der Waals surface area (Å²) in [6, 6.07) is 14.3. The van der Waals surface area contributed by atoms with Gasteiger partial charge in [0.15, 0.2) is 12.4 Å². The number of methoxy groups -OCH3 is 2. The topological polar surface area (TPSA) is 86.9 Å². The Morgan fingerprint density at radius 2 is 1.76 bits per heavy atom. The van der Waals surface area contributed by atoms with Crippen LogP contribution in [0.3, 0.4) is 0 Å². The van der Waals surface area contributed by atoms with E-state index in [4.69, 9.17) is 18.7 Å². The number of hydrogen-bond donors (Lipinski definition) is 0. The van der Waals surface area contributed by atoms with Crippen molar-refractivity contribution in [3.8, 4) is 17.2 Å². The van der Waals surface area contributed by atoms with Crippen LogP contribution in [0.2, 0.25) is 0 Å². The molecule has 0 aliphatic rings. The molecule has 8 nitrogen and oxygen atoms in total. The maximum absolute atomic E-state index is 12.5. The number of ether oxygens (including phenoxy) is 3. The largest absolute Gasteiger partial charge is 0.497 e. The summed E-state index contributed by atoms with van der Waals surface area (Å²) in [7, 11) is 4.91. The van der Waals surface area contributed by atoms with Gasteiger partial charge in [0.25, 0.3) is 11.8 Å². The molecule has 0 spiro atoms. The quantitative estimate of drug-likeness (QED) is 0.548. The molecule has 29 heavy (non-hydrogen) atoms. The molecule has 0 aliphatic carbocycles. The first-order valence-electron chi connectivity index (χ1n) is 9.07. The fraction of sp³-hybridized carbons (Fsp3) is 0.286. The molecular formula is C21H23N3O5. The lowest BCUT2D eigenvalue weighted by Gasteiger charge is -2.16. The van der Waals surface area contributed by atoms with E-state index in [-0.39, 0.29) is 12.5 Å². The second-order valence-electron chi connectivity index (χ2n) is 6.28. The van der Waals surface area contributed by atoms with Crippen LogP contribution in [0.5, 0.6) is 17.2 Å². The number of benzene rings is 2. The minimum atomic E-state index is -0.101. The molecule has 0 bridgehead atoms. The highest BCUT2D eigenvalue weighted by Gasteiger charge is 2.14. The van der Waals surface area contributed by atoms with Crippen LogP contribution in [0.25, 0.3) is 0 Å². The van der Waals surface area contributed by atoms with Crippen LogP contribution in [0.15, 0.2) is 53.1 Å². The third-order valence-electron chi connectivity index (χ3n) is 4.27. The van der Waals surface area contributed by atoms with Crippen molar-refractivity contribution in [2.45, 2.75) is 13.0 Å². The van der Waals surface area contributed by atoms with Crippen molar-refractivity contribution in [2.24, 2.45) is 0 Å². The van der Waals surface area contributed by atoms with E-state index in [2.05, 4.69) is 10.1 Å². The predicted octanol–water partition coefficient (Wildman–Crippen LogP) is 2.98. The predicted molar refractivity (Wildman–Crippen MR) is 105 cm³/mol. The molecule has 152 valence electrons. The summed E-state index contributed by atoms with van der Waals surface area (Å²) in [5.74, 6) is 2.86. The van der Waals surface area contributed by atoms with Gasteiger partial charge in [-0.3, -0.25) is 4.79 Å². The van der Waals surface area contributed by atoms with Crippen molar-refractivity contribution in [3.63, 3.8) is 0 Å². The monoisotopic (exact) mass is 397 g/mol. The van der Waals surface area contributed by atoms with E-state index in [9.17, 15) is 4.79 Å². The summed E-state index contributed by atoms with van der Waals surface area (Å²) in [6.45, 7) is 0.617. The highest BCUT2D eigenvalue weighted by Crippen LogP contribution is 2.18. The Labute approximate surface area is 169 Å². The number of carbonyl (C=O) groups excluding carboxylic acids is 1. The number of likely N-dealkylation sites (N-methyl/N-ethyl adjacent to an activating group) is 1. The zero-order chi connectivity index (χ0) is 20.6. The smallest absolute Gasteiger partial charge is 0.264 e. The molecule has 3 aromatic rings. The van der Waals surface area contributed by atoms with Crippen molar-refractivity contribution < 1.29 is 23.5 Å². The first-order chi connectivity index (χ1) is 14.1. The van der Waals surface area contributed by atoms with E-state index >= 15 is 0 Å². The van der Waals surface area contributed by atoms with Crippen molar-refractivity contribution in [1.29, 1.82) is 0 Å². The van der Waals surface area contributed by atoms with E-state index in [0.29, 0.717) is 41.7 Å². The SMILES string of the molecule is COc1ccc(OCc2nc(CCN(C)C(=O)c3cccc(OC)c3)no2)cc1. The average molecular weight is 397 g/mol. The molecule has 0 fully saturated rings. The molecule has 3 rings (SSSR count). The van der Waals surface area contributed by atoms with Crippen LogP contribution in [-0.2, 0) is 13.0 Å². The Bertz CT molecular complexity index is 939. The first-order valence-corrected chi connectivity index (χ1v) is 9.07. The summed E-state index contributed by atoms with van der Waals surface area (Å²) in [6.07, 6.45) is 0.470. The maximum Gasteiger partial charge on any atom is 0.264 e. The molecule has 0 N–H and O–H groups in total. The summed E-state index contributed by atoms with van der Waals surface area (Å²) < 4.78 is 21.1. The minimum Gasteiger partial charge on any atom is -0.497 e. The number of nitrogens with zero attached hydrogens (tertiary/aromatic N) is 3. The van der Waals surface area contributed by atoms with E-state index < -0.39 is 0 Å². The summed E-state index contributed by atoms with van der Waals surface area (Å²) in [5, 5.41) is 3.94. The Hall–Kier alpha value is -3.55. The van der Waals surface area contributed by atoms with Crippen LogP contribution >= 0.6 is 0 Å². The Morgan fingerprint density at radius 1 is 1.03 bits per heavy atom. The third kappa shape index (κ3) is 5.47. The van der Waals surface area contributed by atoms with E-state index in [1.54, 1.807) is 62.6 Å². The fourth-order valence-electron chi connectivity index (χ4n) is 2.61. The Morgan fingerprint density at radius 3 is 2.48 bits per heavy atom. The molecule has 0 radical (unpaired) electrons. The molecule has 0 aliphatic heterocycles. The van der Waals surface area contributed by atoms with Gasteiger partial charge in [-0.1, -0.05) is 11.2 Å². The maximum atomic E-state index is 12.5. The number of rotatable bonds is 9. The Kier molecular flexibility index (Phi) is 6.67. The second-order valence-corrected chi connectivity index (χ2v) is 6.28. The highest BCUT2D eigenvalue weighted by molar-refractivity contribution is 5.94. The van der Waals surface area contributed by atoms with Gasteiger partial charge in [0.05, 0.1) is 14.2 Å². The van der Waals surface area contributed by atoms with E-state index in [1.807, 2.05) is 12.1 Å². The fourth-order valence-corrected chi connectivity index (χ4v) is 2.61. The number of hydrogen-bond acceptors (Lipinski definition) is 7. The molecule has 0 unspecified atom stereocenters. The van der Waals surface area contributed by atoms with Crippen LogP contribution in [0.4, 0.5) is 0 Å². The lowest BCUT2D eigenvalue weighted by molar-refractivity contribution is 0.0795. The number of carbonyl (C=O) groups is 1. The van der Waals surface area contributed by atoms with Crippen molar-refractivity contribution in [2.75, 3.05) is 27.8 Å². The van der Waals surface area contributed by atoms with Crippen molar-refractivity contribution in [1.82, 2.24) is 15.0 Å². The third-order valence-corrected chi connectivity index (χ3v) is 4.27. The zero-order valence-corrected chi connectivity index (χ0v) is 16.6. The highest BCUT2D eigenvalue weighted by atomic mass is 16.5. The molecular weight excluding hydrogens is 374 g/mol.